The van der Waals surface area contributed by atoms with Gasteiger partial charge in [-0.25, -0.2) is 4.79 Å². The molecule has 0 aliphatic carbocycles. The molecule has 0 aliphatic heterocycles. The highest BCUT2D eigenvalue weighted by Gasteiger charge is 2.17. The van der Waals surface area contributed by atoms with Gasteiger partial charge in [0.1, 0.15) is 5.58 Å². The van der Waals surface area contributed by atoms with Crippen LogP contribution in [0.4, 0.5) is 5.69 Å². The number of rotatable bonds is 4. The van der Waals surface area contributed by atoms with E-state index in [9.17, 15) is 14.4 Å². The van der Waals surface area contributed by atoms with Crippen molar-refractivity contribution < 1.29 is 19.1 Å². The lowest BCUT2D eigenvalue weighted by Gasteiger charge is -2.10. The maximum absolute atomic E-state index is 11.7. The number of anilines is 1. The second kappa shape index (κ2) is 5.76. The number of amides is 1. The molecule has 1 aromatic heterocycles. The van der Waals surface area contributed by atoms with E-state index in [-0.39, 0.29) is 0 Å². The van der Waals surface area contributed by atoms with Crippen LogP contribution in [-0.4, -0.2) is 23.0 Å². The summed E-state index contributed by atoms with van der Waals surface area (Å²) in [5, 5.41) is 11.8. The number of fused-ring (bicyclic) bond motifs is 1. The maximum Gasteiger partial charge on any atom is 0.336 e. The molecule has 1 heterocycles. The van der Waals surface area contributed by atoms with E-state index in [0.29, 0.717) is 11.3 Å². The molecule has 21 heavy (non-hydrogen) atoms. The molecule has 0 radical (unpaired) electrons. The first-order chi connectivity index (χ1) is 9.86. The minimum atomic E-state index is -1.15. The number of hydrogen-bond acceptors (Lipinski definition) is 5. The van der Waals surface area contributed by atoms with Crippen LogP contribution in [0.1, 0.15) is 12.0 Å². The standard InChI is InChI=1S/C14H14N2O5/c1-7-4-13(19)21-11-5-8(2-3-9(7)11)16-14(20)10(15)6-12(17)18/h2-5,10H,6,15H2,1H3,(H,16,20)(H,17,18)/t10-/m1/s1. The Hall–Kier alpha value is -2.67. The normalized spacial score (nSPS) is 12.1. The van der Waals surface area contributed by atoms with Crippen molar-refractivity contribution in [1.82, 2.24) is 0 Å². The summed E-state index contributed by atoms with van der Waals surface area (Å²) < 4.78 is 5.06. The van der Waals surface area contributed by atoms with E-state index >= 15 is 0 Å². The van der Waals surface area contributed by atoms with Gasteiger partial charge < -0.3 is 20.6 Å². The Labute approximate surface area is 119 Å². The van der Waals surface area contributed by atoms with Crippen LogP contribution in [-0.2, 0) is 9.59 Å². The molecule has 110 valence electrons. The third kappa shape index (κ3) is 3.46. The first-order valence-corrected chi connectivity index (χ1v) is 6.19. The SMILES string of the molecule is Cc1cc(=O)oc2cc(NC(=O)[C@H](N)CC(=O)O)ccc12. The van der Waals surface area contributed by atoms with Crippen molar-refractivity contribution in [2.45, 2.75) is 19.4 Å². The number of hydrogen-bond donors (Lipinski definition) is 3. The van der Waals surface area contributed by atoms with E-state index in [2.05, 4.69) is 5.32 Å². The van der Waals surface area contributed by atoms with E-state index in [1.165, 1.54) is 12.1 Å². The molecule has 0 spiro atoms. The zero-order chi connectivity index (χ0) is 15.6. The maximum atomic E-state index is 11.7. The molecule has 7 heteroatoms. The van der Waals surface area contributed by atoms with Gasteiger partial charge in [-0.05, 0) is 24.6 Å². The Bertz CT molecular complexity index is 766. The average molecular weight is 290 g/mol. The minimum Gasteiger partial charge on any atom is -0.481 e. The first-order valence-electron chi connectivity index (χ1n) is 6.19. The minimum absolute atomic E-state index is 0.338. The van der Waals surface area contributed by atoms with Crippen LogP contribution in [0.3, 0.4) is 0 Å². The van der Waals surface area contributed by atoms with E-state index < -0.39 is 30.0 Å². The van der Waals surface area contributed by atoms with Gasteiger partial charge in [0.15, 0.2) is 0 Å². The first kappa shape index (κ1) is 14.7. The van der Waals surface area contributed by atoms with Gasteiger partial charge in [0.2, 0.25) is 5.91 Å². The van der Waals surface area contributed by atoms with Crippen molar-refractivity contribution in [2.75, 3.05) is 5.32 Å². The molecule has 0 bridgehead atoms. The summed E-state index contributed by atoms with van der Waals surface area (Å²) in [5.41, 5.74) is 6.46. The summed E-state index contributed by atoms with van der Waals surface area (Å²) in [6.07, 6.45) is -0.465. The van der Waals surface area contributed by atoms with Crippen molar-refractivity contribution in [1.29, 1.82) is 0 Å². The molecule has 0 unspecified atom stereocenters. The fourth-order valence-electron chi connectivity index (χ4n) is 1.92. The van der Waals surface area contributed by atoms with E-state index in [4.69, 9.17) is 15.3 Å². The molecule has 0 saturated carbocycles. The third-order valence-electron chi connectivity index (χ3n) is 2.95. The van der Waals surface area contributed by atoms with Crippen LogP contribution in [0.2, 0.25) is 0 Å². The molecule has 1 aromatic carbocycles. The lowest BCUT2D eigenvalue weighted by Crippen LogP contribution is -2.37. The molecule has 1 amide bonds. The Kier molecular flexibility index (Phi) is 4.04. The summed E-state index contributed by atoms with van der Waals surface area (Å²) in [6, 6.07) is 5.05. The van der Waals surface area contributed by atoms with Crippen LogP contribution in [0.15, 0.2) is 33.5 Å². The summed E-state index contributed by atoms with van der Waals surface area (Å²) in [4.78, 5) is 33.6. The molecule has 4 N–H and O–H groups in total. The van der Waals surface area contributed by atoms with Crippen molar-refractivity contribution in [3.8, 4) is 0 Å². The quantitative estimate of drug-likeness (QED) is 0.717. The third-order valence-corrected chi connectivity index (χ3v) is 2.95. The van der Waals surface area contributed by atoms with Gasteiger partial charge in [0.25, 0.3) is 0 Å². The number of carboxylic acid groups (broad SMARTS) is 1. The predicted octanol–water partition coefficient (Wildman–Crippen LogP) is 0.842. The highest BCUT2D eigenvalue weighted by molar-refractivity contribution is 5.98. The summed E-state index contributed by atoms with van der Waals surface area (Å²) in [6.45, 7) is 1.78. The molecule has 0 aliphatic rings. The van der Waals surface area contributed by atoms with E-state index in [1.54, 1.807) is 19.1 Å². The van der Waals surface area contributed by atoms with Crippen LogP contribution in [0, 0.1) is 6.92 Å². The number of aryl methyl sites for hydroxylation is 1. The van der Waals surface area contributed by atoms with Crippen molar-refractivity contribution in [2.24, 2.45) is 5.73 Å². The zero-order valence-corrected chi connectivity index (χ0v) is 11.3. The molecular weight excluding hydrogens is 276 g/mol. The van der Waals surface area contributed by atoms with E-state index in [0.717, 1.165) is 10.9 Å². The smallest absolute Gasteiger partial charge is 0.336 e. The highest BCUT2D eigenvalue weighted by atomic mass is 16.4. The largest absolute Gasteiger partial charge is 0.481 e. The molecule has 0 saturated heterocycles. The van der Waals surface area contributed by atoms with Gasteiger partial charge in [0.05, 0.1) is 12.5 Å². The fraction of sp³-hybridized carbons (Fsp3) is 0.214. The second-order valence-electron chi connectivity index (χ2n) is 4.65. The number of benzene rings is 1. The van der Waals surface area contributed by atoms with Crippen LogP contribution >= 0.6 is 0 Å². The molecule has 2 aromatic rings. The lowest BCUT2D eigenvalue weighted by atomic mass is 10.1. The topological polar surface area (TPSA) is 123 Å². The number of carbonyl (C=O) groups excluding carboxylic acids is 1. The van der Waals surface area contributed by atoms with Crippen LogP contribution in [0.5, 0.6) is 0 Å². The molecular formula is C14H14N2O5. The Morgan fingerprint density at radius 3 is 2.76 bits per heavy atom. The van der Waals surface area contributed by atoms with Gasteiger partial charge in [-0.3, -0.25) is 9.59 Å². The van der Waals surface area contributed by atoms with Gasteiger partial charge >= 0.3 is 11.6 Å². The Morgan fingerprint density at radius 1 is 1.38 bits per heavy atom. The average Bonchev–Trinajstić information content (AvgIpc) is 2.37. The summed E-state index contributed by atoms with van der Waals surface area (Å²) >= 11 is 0. The number of carbonyl (C=O) groups is 2. The van der Waals surface area contributed by atoms with Crippen molar-refractivity contribution in [3.63, 3.8) is 0 Å². The summed E-state index contributed by atoms with van der Waals surface area (Å²) in [5.74, 6) is -1.77. The Morgan fingerprint density at radius 2 is 2.10 bits per heavy atom. The molecule has 1 atom stereocenters. The zero-order valence-electron chi connectivity index (χ0n) is 11.3. The van der Waals surface area contributed by atoms with Gasteiger partial charge in [-0.2, -0.15) is 0 Å². The number of aliphatic carboxylic acids is 1. The van der Waals surface area contributed by atoms with Crippen LogP contribution < -0.4 is 16.7 Å². The van der Waals surface area contributed by atoms with Gasteiger partial charge in [0, 0.05) is 23.2 Å². The number of carboxylic acids is 1. The van der Waals surface area contributed by atoms with Crippen LogP contribution in [0.25, 0.3) is 11.0 Å². The summed E-state index contributed by atoms with van der Waals surface area (Å²) in [7, 11) is 0. The Balaban J connectivity index is 2.25. The molecule has 7 nitrogen and oxygen atoms in total. The molecule has 2 rings (SSSR count). The lowest BCUT2D eigenvalue weighted by molar-refractivity contribution is -0.138. The fourth-order valence-corrected chi connectivity index (χ4v) is 1.92. The van der Waals surface area contributed by atoms with E-state index in [1.807, 2.05) is 0 Å². The monoisotopic (exact) mass is 290 g/mol. The van der Waals surface area contributed by atoms with Gasteiger partial charge in [-0.15, -0.1) is 0 Å². The number of nitrogens with two attached hydrogens (primary N) is 1. The highest BCUT2D eigenvalue weighted by Crippen LogP contribution is 2.20. The van der Waals surface area contributed by atoms with Gasteiger partial charge in [-0.1, -0.05) is 0 Å². The second-order valence-corrected chi connectivity index (χ2v) is 4.65. The van der Waals surface area contributed by atoms with Crippen molar-refractivity contribution >= 4 is 28.5 Å². The van der Waals surface area contributed by atoms with Crippen molar-refractivity contribution in [3.05, 3.63) is 40.2 Å². The molecule has 0 fully saturated rings. The number of nitrogens with one attached hydrogen (secondary N) is 1. The predicted molar refractivity (Wildman–Crippen MR) is 76.1 cm³/mol.